The van der Waals surface area contributed by atoms with Crippen molar-refractivity contribution >= 4 is 11.7 Å². The van der Waals surface area contributed by atoms with Gasteiger partial charge >= 0.3 is 0 Å². The van der Waals surface area contributed by atoms with Crippen LogP contribution < -0.4 is 4.90 Å². The fourth-order valence-electron chi connectivity index (χ4n) is 4.23. The predicted octanol–water partition coefficient (Wildman–Crippen LogP) is 3.05. The Morgan fingerprint density at radius 1 is 1.00 bits per heavy atom. The van der Waals surface area contributed by atoms with Crippen LogP contribution in [0, 0.1) is 11.3 Å². The fourth-order valence-corrected chi connectivity index (χ4v) is 4.23. The molecule has 7 nitrogen and oxygen atoms in total. The van der Waals surface area contributed by atoms with Gasteiger partial charge < -0.3 is 14.5 Å². The number of fused-ring (bicyclic) bond motifs is 1. The lowest BCUT2D eigenvalue weighted by molar-refractivity contribution is 0.0733. The van der Waals surface area contributed by atoms with Gasteiger partial charge in [0.2, 0.25) is 0 Å². The van der Waals surface area contributed by atoms with Gasteiger partial charge in [-0.1, -0.05) is 36.4 Å². The van der Waals surface area contributed by atoms with Gasteiger partial charge in [-0.2, -0.15) is 5.26 Å². The van der Waals surface area contributed by atoms with E-state index in [1.807, 2.05) is 35.2 Å². The van der Waals surface area contributed by atoms with E-state index in [4.69, 9.17) is 14.7 Å². The number of nitriles is 1. The molecule has 3 aromatic rings. The molecule has 0 aliphatic carbocycles. The highest BCUT2D eigenvalue weighted by atomic mass is 16.5. The first-order chi connectivity index (χ1) is 15.7. The molecule has 0 saturated carbocycles. The van der Waals surface area contributed by atoms with Crippen LogP contribution in [0.5, 0.6) is 0 Å². The quantitative estimate of drug-likeness (QED) is 0.642. The van der Waals surface area contributed by atoms with Crippen molar-refractivity contribution in [3.05, 3.63) is 77.0 Å². The average molecular weight is 425 g/mol. The van der Waals surface area contributed by atoms with E-state index in [1.165, 1.54) is 0 Å². The Kier molecular flexibility index (Phi) is 5.53. The molecule has 0 bridgehead atoms. The standard InChI is InChI=1S/C25H23N5O2/c26-16-18-5-4-8-20(15-18)25(31)30-10-9-22-21(17-30)24(29-11-13-32-14-12-29)28-23(27-22)19-6-2-1-3-7-19/h1-8,15H,9-14,17H2. The maximum atomic E-state index is 13.2. The zero-order valence-electron chi connectivity index (χ0n) is 17.7. The normalized spacial score (nSPS) is 15.7. The molecule has 2 aliphatic rings. The number of aromatic nitrogens is 2. The van der Waals surface area contributed by atoms with Crippen LogP contribution in [-0.2, 0) is 17.7 Å². The number of carbonyl (C=O) groups is 1. The third-order valence-electron chi connectivity index (χ3n) is 5.91. The van der Waals surface area contributed by atoms with E-state index in [0.717, 1.165) is 35.7 Å². The van der Waals surface area contributed by atoms with Gasteiger partial charge in [0.05, 0.1) is 37.1 Å². The van der Waals surface area contributed by atoms with Gasteiger partial charge in [0.1, 0.15) is 5.82 Å². The molecule has 2 aromatic carbocycles. The third-order valence-corrected chi connectivity index (χ3v) is 5.91. The Morgan fingerprint density at radius 3 is 2.59 bits per heavy atom. The van der Waals surface area contributed by atoms with E-state index < -0.39 is 0 Å². The number of ether oxygens (including phenoxy) is 1. The van der Waals surface area contributed by atoms with Gasteiger partial charge in [0.25, 0.3) is 5.91 Å². The zero-order chi connectivity index (χ0) is 21.9. The summed E-state index contributed by atoms with van der Waals surface area (Å²) in [6.45, 7) is 3.86. The molecule has 32 heavy (non-hydrogen) atoms. The van der Waals surface area contributed by atoms with E-state index in [0.29, 0.717) is 49.7 Å². The molecular formula is C25H23N5O2. The van der Waals surface area contributed by atoms with Crippen LogP contribution in [0.4, 0.5) is 5.82 Å². The first-order valence-corrected chi connectivity index (χ1v) is 10.8. The van der Waals surface area contributed by atoms with E-state index in [1.54, 1.807) is 24.3 Å². The van der Waals surface area contributed by atoms with Gasteiger partial charge in [-0.15, -0.1) is 0 Å². The lowest BCUT2D eigenvalue weighted by Gasteiger charge is -2.34. The number of hydrogen-bond acceptors (Lipinski definition) is 6. The second kappa shape index (κ2) is 8.77. The lowest BCUT2D eigenvalue weighted by atomic mass is 10.0. The topological polar surface area (TPSA) is 82.3 Å². The van der Waals surface area contributed by atoms with Gasteiger partial charge in [-0.3, -0.25) is 4.79 Å². The largest absolute Gasteiger partial charge is 0.378 e. The van der Waals surface area contributed by atoms with Crippen molar-refractivity contribution in [3.63, 3.8) is 0 Å². The summed E-state index contributed by atoms with van der Waals surface area (Å²) in [6, 6.07) is 19.0. The number of hydrogen-bond donors (Lipinski definition) is 0. The average Bonchev–Trinajstić information content (AvgIpc) is 2.88. The number of benzene rings is 2. The zero-order valence-corrected chi connectivity index (χ0v) is 17.7. The van der Waals surface area contributed by atoms with Crippen LogP contribution in [0.15, 0.2) is 54.6 Å². The Hall–Kier alpha value is -3.76. The minimum Gasteiger partial charge on any atom is -0.378 e. The van der Waals surface area contributed by atoms with E-state index in [9.17, 15) is 10.1 Å². The van der Waals surface area contributed by atoms with Crippen molar-refractivity contribution in [1.82, 2.24) is 14.9 Å². The van der Waals surface area contributed by atoms with Crippen molar-refractivity contribution in [2.75, 3.05) is 37.7 Å². The maximum Gasteiger partial charge on any atom is 0.254 e. The summed E-state index contributed by atoms with van der Waals surface area (Å²) in [7, 11) is 0. The molecule has 1 saturated heterocycles. The minimum atomic E-state index is -0.0761. The van der Waals surface area contributed by atoms with Crippen LogP contribution in [0.3, 0.4) is 0 Å². The molecular weight excluding hydrogens is 402 g/mol. The van der Waals surface area contributed by atoms with Crippen molar-refractivity contribution in [3.8, 4) is 17.5 Å². The van der Waals surface area contributed by atoms with Crippen molar-refractivity contribution in [2.45, 2.75) is 13.0 Å². The highest BCUT2D eigenvalue weighted by Crippen LogP contribution is 2.30. The molecule has 1 fully saturated rings. The van der Waals surface area contributed by atoms with Crippen LogP contribution >= 0.6 is 0 Å². The predicted molar refractivity (Wildman–Crippen MR) is 120 cm³/mol. The highest BCUT2D eigenvalue weighted by molar-refractivity contribution is 5.94. The van der Waals surface area contributed by atoms with Gasteiger partial charge in [0.15, 0.2) is 5.82 Å². The summed E-state index contributed by atoms with van der Waals surface area (Å²) >= 11 is 0. The molecule has 0 N–H and O–H groups in total. The lowest BCUT2D eigenvalue weighted by Crippen LogP contribution is -2.41. The molecule has 1 amide bonds. The van der Waals surface area contributed by atoms with E-state index >= 15 is 0 Å². The second-order valence-electron chi connectivity index (χ2n) is 7.93. The molecule has 0 spiro atoms. The molecule has 160 valence electrons. The summed E-state index contributed by atoms with van der Waals surface area (Å²) in [6.07, 6.45) is 0.665. The number of carbonyl (C=O) groups excluding carboxylic acids is 1. The van der Waals surface area contributed by atoms with E-state index in [2.05, 4.69) is 11.0 Å². The van der Waals surface area contributed by atoms with Gasteiger partial charge in [0, 0.05) is 42.7 Å². The van der Waals surface area contributed by atoms with Crippen LogP contribution in [0.2, 0.25) is 0 Å². The molecule has 3 heterocycles. The van der Waals surface area contributed by atoms with E-state index in [-0.39, 0.29) is 5.91 Å². The molecule has 0 atom stereocenters. The Balaban J connectivity index is 1.51. The number of nitrogens with zero attached hydrogens (tertiary/aromatic N) is 5. The Bertz CT molecular complexity index is 1180. The van der Waals surface area contributed by atoms with Crippen molar-refractivity contribution in [1.29, 1.82) is 5.26 Å². The second-order valence-corrected chi connectivity index (χ2v) is 7.93. The molecule has 7 heteroatoms. The number of morpholine rings is 1. The first kappa shape index (κ1) is 20.2. The Morgan fingerprint density at radius 2 is 1.81 bits per heavy atom. The monoisotopic (exact) mass is 425 g/mol. The molecule has 0 unspecified atom stereocenters. The molecule has 0 radical (unpaired) electrons. The SMILES string of the molecule is N#Cc1cccc(C(=O)N2CCc3nc(-c4ccccc4)nc(N4CCOCC4)c3C2)c1. The van der Waals surface area contributed by atoms with Crippen LogP contribution in [0.1, 0.15) is 27.2 Å². The van der Waals surface area contributed by atoms with Crippen molar-refractivity contribution in [2.24, 2.45) is 0 Å². The number of amides is 1. The number of anilines is 1. The molecule has 2 aliphatic heterocycles. The molecule has 1 aromatic heterocycles. The van der Waals surface area contributed by atoms with Gasteiger partial charge in [-0.05, 0) is 18.2 Å². The Labute approximate surface area is 186 Å². The summed E-state index contributed by atoms with van der Waals surface area (Å²) < 4.78 is 5.54. The van der Waals surface area contributed by atoms with Crippen LogP contribution in [-0.4, -0.2) is 53.6 Å². The first-order valence-electron chi connectivity index (χ1n) is 10.8. The summed E-state index contributed by atoms with van der Waals surface area (Å²) in [5, 5.41) is 9.18. The summed E-state index contributed by atoms with van der Waals surface area (Å²) in [5.41, 5.74) is 4.00. The molecule has 5 rings (SSSR count). The highest BCUT2D eigenvalue weighted by Gasteiger charge is 2.29. The summed E-state index contributed by atoms with van der Waals surface area (Å²) in [4.78, 5) is 27.1. The minimum absolute atomic E-state index is 0.0761. The fraction of sp³-hybridized carbons (Fsp3) is 0.280. The summed E-state index contributed by atoms with van der Waals surface area (Å²) in [5.74, 6) is 1.53. The smallest absolute Gasteiger partial charge is 0.254 e. The van der Waals surface area contributed by atoms with Crippen molar-refractivity contribution < 1.29 is 9.53 Å². The van der Waals surface area contributed by atoms with Crippen LogP contribution in [0.25, 0.3) is 11.4 Å². The number of rotatable bonds is 3. The third kappa shape index (κ3) is 3.93. The van der Waals surface area contributed by atoms with Gasteiger partial charge in [-0.25, -0.2) is 9.97 Å². The maximum absolute atomic E-state index is 13.2.